The van der Waals surface area contributed by atoms with E-state index in [1.807, 2.05) is 66.7 Å². The summed E-state index contributed by atoms with van der Waals surface area (Å²) in [4.78, 5) is 33.2. The summed E-state index contributed by atoms with van der Waals surface area (Å²) >= 11 is 0. The number of pyridine rings is 2. The molecule has 3 heterocycles. The molecule has 1 saturated heterocycles. The standard InChI is InChI=1S/C28H24N4O4/c33-26(32-35)22-14-28(22)15-25(31-27(28)34)17-5-7-20(8-6-17)36-16-19-13-24(18-9-11-29-12-10-18)30-23-4-2-1-3-21(19)23/h1-13,22,25,35H,14-16H2,(H,31,34)(H,32,33)/t22-,25?,28-/m1/s1. The Morgan fingerprint density at radius 1 is 1.08 bits per heavy atom. The van der Waals surface area contributed by atoms with Gasteiger partial charge in [-0.3, -0.25) is 19.8 Å². The molecule has 2 aromatic carbocycles. The van der Waals surface area contributed by atoms with Crippen molar-refractivity contribution in [3.05, 3.63) is 90.3 Å². The van der Waals surface area contributed by atoms with Gasteiger partial charge in [0.2, 0.25) is 11.8 Å². The Balaban J connectivity index is 1.18. The average Bonchev–Trinajstić information content (AvgIpc) is 3.57. The van der Waals surface area contributed by atoms with Crippen molar-refractivity contribution in [3.63, 3.8) is 0 Å². The SMILES string of the molecule is O=C(NO)[C@H]1C[C@@]12CC(c1ccc(OCc3cc(-c4ccncc4)nc4ccccc34)cc1)NC2=O. The largest absolute Gasteiger partial charge is 0.489 e. The molecule has 180 valence electrons. The third kappa shape index (κ3) is 3.85. The number of fused-ring (bicyclic) bond motifs is 1. The number of hydroxylamine groups is 1. The van der Waals surface area contributed by atoms with Crippen LogP contribution in [0.2, 0.25) is 0 Å². The van der Waals surface area contributed by atoms with E-state index in [0.717, 1.165) is 33.3 Å². The van der Waals surface area contributed by atoms with E-state index in [-0.39, 0.29) is 11.9 Å². The highest BCUT2D eigenvalue weighted by molar-refractivity contribution is 5.97. The molecule has 36 heavy (non-hydrogen) atoms. The zero-order valence-corrected chi connectivity index (χ0v) is 19.3. The van der Waals surface area contributed by atoms with E-state index in [4.69, 9.17) is 14.9 Å². The zero-order chi connectivity index (χ0) is 24.7. The van der Waals surface area contributed by atoms with E-state index < -0.39 is 17.2 Å². The van der Waals surface area contributed by atoms with Crippen molar-refractivity contribution in [1.29, 1.82) is 0 Å². The van der Waals surface area contributed by atoms with Crippen LogP contribution in [0.5, 0.6) is 5.75 Å². The molecule has 0 bridgehead atoms. The molecule has 1 aliphatic heterocycles. The number of carbonyl (C=O) groups excluding carboxylic acids is 2. The highest BCUT2D eigenvalue weighted by Gasteiger charge is 2.67. The Labute approximate surface area is 207 Å². The topological polar surface area (TPSA) is 113 Å². The fraction of sp³-hybridized carbons (Fsp3) is 0.214. The van der Waals surface area contributed by atoms with Gasteiger partial charge >= 0.3 is 0 Å². The first-order valence-corrected chi connectivity index (χ1v) is 11.8. The van der Waals surface area contributed by atoms with Gasteiger partial charge in [0.15, 0.2) is 0 Å². The average molecular weight is 481 g/mol. The van der Waals surface area contributed by atoms with Crippen LogP contribution in [-0.4, -0.2) is 27.0 Å². The molecule has 4 aromatic rings. The van der Waals surface area contributed by atoms with Crippen molar-refractivity contribution >= 4 is 22.7 Å². The van der Waals surface area contributed by atoms with Crippen molar-refractivity contribution < 1.29 is 19.5 Å². The number of hydrogen-bond acceptors (Lipinski definition) is 6. The molecule has 0 radical (unpaired) electrons. The molecule has 8 heteroatoms. The Morgan fingerprint density at radius 2 is 1.86 bits per heavy atom. The van der Waals surface area contributed by atoms with Crippen LogP contribution >= 0.6 is 0 Å². The molecule has 2 amide bonds. The van der Waals surface area contributed by atoms with Crippen LogP contribution in [0.3, 0.4) is 0 Å². The predicted molar refractivity (Wildman–Crippen MR) is 132 cm³/mol. The highest BCUT2D eigenvalue weighted by atomic mass is 16.5. The van der Waals surface area contributed by atoms with Gasteiger partial charge in [0.05, 0.1) is 28.6 Å². The third-order valence-electron chi connectivity index (χ3n) is 7.28. The maximum absolute atomic E-state index is 12.5. The smallest absolute Gasteiger partial charge is 0.247 e. The number of nitrogens with one attached hydrogen (secondary N) is 2. The summed E-state index contributed by atoms with van der Waals surface area (Å²) < 4.78 is 6.14. The van der Waals surface area contributed by atoms with Crippen molar-refractivity contribution in [3.8, 4) is 17.0 Å². The van der Waals surface area contributed by atoms with Gasteiger partial charge in [0.1, 0.15) is 12.4 Å². The first-order chi connectivity index (χ1) is 17.6. The summed E-state index contributed by atoms with van der Waals surface area (Å²) in [5.41, 5.74) is 5.71. The normalized spacial score (nSPS) is 22.4. The minimum Gasteiger partial charge on any atom is -0.489 e. The molecular weight excluding hydrogens is 456 g/mol. The second-order valence-electron chi connectivity index (χ2n) is 9.40. The lowest BCUT2D eigenvalue weighted by Crippen LogP contribution is -2.28. The molecule has 8 nitrogen and oxygen atoms in total. The number of para-hydroxylation sites is 1. The molecular formula is C28H24N4O4. The maximum atomic E-state index is 12.5. The minimum absolute atomic E-state index is 0.129. The third-order valence-corrected chi connectivity index (χ3v) is 7.28. The number of carbonyl (C=O) groups is 2. The van der Waals surface area contributed by atoms with Crippen molar-refractivity contribution in [2.75, 3.05) is 0 Å². The lowest BCUT2D eigenvalue weighted by molar-refractivity contribution is -0.134. The number of benzene rings is 2. The monoisotopic (exact) mass is 480 g/mol. The number of rotatable bonds is 6. The Morgan fingerprint density at radius 3 is 2.64 bits per heavy atom. The number of aromatic nitrogens is 2. The molecule has 1 unspecified atom stereocenters. The van der Waals surface area contributed by atoms with Crippen molar-refractivity contribution in [2.24, 2.45) is 11.3 Å². The van der Waals surface area contributed by atoms with Crippen LogP contribution in [0.15, 0.2) is 79.1 Å². The second kappa shape index (κ2) is 8.73. The van der Waals surface area contributed by atoms with Crippen LogP contribution in [0.1, 0.15) is 30.0 Å². The summed E-state index contributed by atoms with van der Waals surface area (Å²) in [6.45, 7) is 0.377. The summed E-state index contributed by atoms with van der Waals surface area (Å²) in [7, 11) is 0. The first kappa shape index (κ1) is 22.2. The van der Waals surface area contributed by atoms with Crippen LogP contribution in [0.4, 0.5) is 0 Å². The van der Waals surface area contributed by atoms with Crippen LogP contribution in [0, 0.1) is 11.3 Å². The number of hydrogen-bond donors (Lipinski definition) is 3. The minimum atomic E-state index is -0.707. The Hall–Kier alpha value is -4.30. The molecule has 1 saturated carbocycles. The van der Waals surface area contributed by atoms with Gasteiger partial charge in [-0.15, -0.1) is 0 Å². The lowest BCUT2D eigenvalue weighted by atomic mass is 9.95. The van der Waals surface area contributed by atoms with Gasteiger partial charge in [0, 0.05) is 28.9 Å². The summed E-state index contributed by atoms with van der Waals surface area (Å²) in [5.74, 6) is -0.378. The van der Waals surface area contributed by atoms with Crippen LogP contribution in [-0.2, 0) is 16.2 Å². The van der Waals surface area contributed by atoms with Gasteiger partial charge in [-0.25, -0.2) is 10.5 Å². The molecule has 2 aliphatic rings. The second-order valence-corrected chi connectivity index (χ2v) is 9.40. The summed E-state index contributed by atoms with van der Waals surface area (Å²) in [5, 5.41) is 12.9. The van der Waals surface area contributed by atoms with E-state index in [0.29, 0.717) is 25.2 Å². The Kier molecular flexibility index (Phi) is 5.38. The van der Waals surface area contributed by atoms with E-state index in [2.05, 4.69) is 10.3 Å². The Bertz CT molecular complexity index is 1460. The van der Waals surface area contributed by atoms with Crippen LogP contribution < -0.4 is 15.5 Å². The summed E-state index contributed by atoms with van der Waals surface area (Å²) in [6, 6.07) is 21.4. The first-order valence-electron chi connectivity index (χ1n) is 11.8. The van der Waals surface area contributed by atoms with E-state index in [1.165, 1.54) is 0 Å². The van der Waals surface area contributed by atoms with Gasteiger partial charge < -0.3 is 10.1 Å². The fourth-order valence-corrected chi connectivity index (χ4v) is 5.21. The maximum Gasteiger partial charge on any atom is 0.247 e. The molecule has 3 atom stereocenters. The van der Waals surface area contributed by atoms with Gasteiger partial charge in [-0.1, -0.05) is 30.3 Å². The van der Waals surface area contributed by atoms with Crippen molar-refractivity contribution in [1.82, 2.24) is 20.8 Å². The van der Waals surface area contributed by atoms with Crippen LogP contribution in [0.25, 0.3) is 22.2 Å². The van der Waals surface area contributed by atoms with E-state index >= 15 is 0 Å². The van der Waals surface area contributed by atoms with Gasteiger partial charge in [-0.2, -0.15) is 0 Å². The molecule has 6 rings (SSSR count). The number of amides is 2. The van der Waals surface area contributed by atoms with Gasteiger partial charge in [0.25, 0.3) is 0 Å². The molecule has 1 spiro atoms. The fourth-order valence-electron chi connectivity index (χ4n) is 5.21. The number of nitrogens with zero attached hydrogens (tertiary/aromatic N) is 2. The van der Waals surface area contributed by atoms with Crippen molar-refractivity contribution in [2.45, 2.75) is 25.5 Å². The van der Waals surface area contributed by atoms with E-state index in [9.17, 15) is 9.59 Å². The molecule has 2 aromatic heterocycles. The highest BCUT2D eigenvalue weighted by Crippen LogP contribution is 2.60. The lowest BCUT2D eigenvalue weighted by Gasteiger charge is -2.13. The molecule has 2 fully saturated rings. The molecule has 3 N–H and O–H groups in total. The number of ether oxygens (including phenoxy) is 1. The molecule has 1 aliphatic carbocycles. The van der Waals surface area contributed by atoms with E-state index in [1.54, 1.807) is 17.9 Å². The summed E-state index contributed by atoms with van der Waals surface area (Å²) in [6.07, 6.45) is 4.50. The van der Waals surface area contributed by atoms with Gasteiger partial charge in [-0.05, 0) is 54.8 Å². The zero-order valence-electron chi connectivity index (χ0n) is 19.3. The quantitative estimate of drug-likeness (QED) is 0.285. The predicted octanol–water partition coefficient (Wildman–Crippen LogP) is 3.95.